The van der Waals surface area contributed by atoms with Crippen LogP contribution >= 0.6 is 11.3 Å². The van der Waals surface area contributed by atoms with E-state index in [-0.39, 0.29) is 17.9 Å². The fourth-order valence-electron chi connectivity index (χ4n) is 2.91. The summed E-state index contributed by atoms with van der Waals surface area (Å²) in [5, 5.41) is 0.839. The highest BCUT2D eigenvalue weighted by Gasteiger charge is 2.32. The first-order chi connectivity index (χ1) is 12.1. The van der Waals surface area contributed by atoms with Crippen LogP contribution in [-0.4, -0.2) is 30.1 Å². The Morgan fingerprint density at radius 2 is 2.16 bits per heavy atom. The monoisotopic (exact) mass is 356 g/mol. The number of carbonyl (C=O) groups is 1. The number of aromatic nitrogens is 1. The zero-order valence-corrected chi connectivity index (χ0v) is 14.6. The van der Waals surface area contributed by atoms with E-state index in [1.165, 1.54) is 23.5 Å². The number of ether oxygens (including phenoxy) is 1. The number of carbonyl (C=O) groups excluding carboxylic acids is 1. The molecule has 1 saturated heterocycles. The van der Waals surface area contributed by atoms with Crippen LogP contribution in [0.15, 0.2) is 42.5 Å². The summed E-state index contributed by atoms with van der Waals surface area (Å²) in [6.45, 7) is 3.26. The van der Waals surface area contributed by atoms with E-state index in [1.807, 2.05) is 36.1 Å². The lowest BCUT2D eigenvalue weighted by molar-refractivity contribution is -0.149. The van der Waals surface area contributed by atoms with Gasteiger partial charge < -0.3 is 9.64 Å². The van der Waals surface area contributed by atoms with Gasteiger partial charge in [0.05, 0.1) is 29.7 Å². The van der Waals surface area contributed by atoms with Gasteiger partial charge in [0.2, 0.25) is 0 Å². The highest BCUT2D eigenvalue weighted by Crippen LogP contribution is 2.32. The maximum absolute atomic E-state index is 13.3. The summed E-state index contributed by atoms with van der Waals surface area (Å²) < 4.78 is 19.6. The normalized spacial score (nSPS) is 14.6. The third kappa shape index (κ3) is 3.49. The molecule has 1 aliphatic rings. The third-order valence-corrected chi connectivity index (χ3v) is 5.27. The maximum Gasteiger partial charge on any atom is 0.310 e. The smallest absolute Gasteiger partial charge is 0.310 e. The van der Waals surface area contributed by atoms with E-state index in [2.05, 4.69) is 4.98 Å². The van der Waals surface area contributed by atoms with E-state index < -0.39 is 0 Å². The first-order valence-corrected chi connectivity index (χ1v) is 8.94. The first kappa shape index (κ1) is 16.0. The number of rotatable bonds is 4. The molecule has 1 aliphatic heterocycles. The molecule has 25 heavy (non-hydrogen) atoms. The lowest BCUT2D eigenvalue weighted by atomic mass is 10.1. The number of thiazole rings is 1. The molecule has 0 unspecified atom stereocenters. The van der Waals surface area contributed by atoms with Gasteiger partial charge in [-0.1, -0.05) is 41.2 Å². The van der Waals surface area contributed by atoms with Gasteiger partial charge in [-0.3, -0.25) is 4.79 Å². The molecule has 0 aliphatic carbocycles. The van der Waals surface area contributed by atoms with E-state index in [9.17, 15) is 9.18 Å². The van der Waals surface area contributed by atoms with Crippen molar-refractivity contribution in [3.8, 4) is 0 Å². The number of benzene rings is 2. The lowest BCUT2D eigenvalue weighted by Crippen LogP contribution is -2.53. The van der Waals surface area contributed by atoms with Crippen LogP contribution in [0, 0.1) is 12.7 Å². The maximum atomic E-state index is 13.3. The molecule has 4 rings (SSSR count). The Balaban J connectivity index is 1.33. The molecule has 2 aromatic carbocycles. The van der Waals surface area contributed by atoms with Crippen LogP contribution in [0.4, 0.5) is 9.52 Å². The molecule has 0 saturated carbocycles. The van der Waals surface area contributed by atoms with Crippen molar-refractivity contribution in [2.24, 2.45) is 0 Å². The molecule has 6 heteroatoms. The number of esters is 1. The molecule has 0 atom stereocenters. The molecule has 2 heterocycles. The summed E-state index contributed by atoms with van der Waals surface area (Å²) >= 11 is 1.45. The summed E-state index contributed by atoms with van der Waals surface area (Å²) in [6.07, 6.45) is 0.180. The molecule has 3 aromatic rings. The Hall–Kier alpha value is -2.47. The van der Waals surface area contributed by atoms with Crippen molar-refractivity contribution in [3.05, 3.63) is 59.4 Å². The number of anilines is 1. The minimum absolute atomic E-state index is 0.110. The summed E-state index contributed by atoms with van der Waals surface area (Å²) in [5.74, 6) is -0.462. The number of hydrogen-bond acceptors (Lipinski definition) is 5. The highest BCUT2D eigenvalue weighted by atomic mass is 32.1. The minimum Gasteiger partial charge on any atom is -0.458 e. The van der Waals surface area contributed by atoms with E-state index in [1.54, 1.807) is 6.07 Å². The van der Waals surface area contributed by atoms with Gasteiger partial charge in [0.15, 0.2) is 5.13 Å². The molecule has 128 valence electrons. The fraction of sp³-hybridized carbons (Fsp3) is 0.263. The lowest BCUT2D eigenvalue weighted by Gasteiger charge is -2.38. The Morgan fingerprint density at radius 1 is 1.32 bits per heavy atom. The Kier molecular flexibility index (Phi) is 4.13. The highest BCUT2D eigenvalue weighted by molar-refractivity contribution is 7.22. The largest absolute Gasteiger partial charge is 0.458 e. The van der Waals surface area contributed by atoms with Crippen LogP contribution in [-0.2, 0) is 16.0 Å². The summed E-state index contributed by atoms with van der Waals surface area (Å²) in [4.78, 5) is 18.6. The molecule has 0 amide bonds. The topological polar surface area (TPSA) is 42.4 Å². The quantitative estimate of drug-likeness (QED) is 0.668. The second-order valence-corrected chi connectivity index (χ2v) is 7.30. The van der Waals surface area contributed by atoms with Crippen molar-refractivity contribution in [3.63, 3.8) is 0 Å². The molecular formula is C19H17FN2O2S. The molecule has 0 spiro atoms. The van der Waals surface area contributed by atoms with Crippen LogP contribution in [0.25, 0.3) is 10.2 Å². The van der Waals surface area contributed by atoms with E-state index in [0.717, 1.165) is 26.5 Å². The second kappa shape index (κ2) is 6.44. The van der Waals surface area contributed by atoms with Gasteiger partial charge in [-0.05, 0) is 30.7 Å². The third-order valence-electron chi connectivity index (χ3n) is 4.19. The zero-order chi connectivity index (χ0) is 17.4. The summed E-state index contributed by atoms with van der Waals surface area (Å²) in [6, 6.07) is 12.5. The van der Waals surface area contributed by atoms with Crippen LogP contribution in [0.5, 0.6) is 0 Å². The Labute approximate surface area is 148 Å². The molecule has 1 fully saturated rings. The average molecular weight is 356 g/mol. The molecule has 0 N–H and O–H groups in total. The summed E-state index contributed by atoms with van der Waals surface area (Å²) in [5.41, 5.74) is 2.89. The number of halogens is 1. The number of aryl methyl sites for hydroxylation is 1. The standard InChI is InChI=1S/C19H17FN2O2S/c1-12-3-2-4-13(7-12)8-18(23)24-15-10-22(11-15)19-21-16-6-5-14(20)9-17(16)25-19/h2-7,9,15H,8,10-11H2,1H3. The fourth-order valence-corrected chi connectivity index (χ4v) is 3.92. The van der Waals surface area contributed by atoms with Crippen molar-refractivity contribution < 1.29 is 13.9 Å². The predicted octanol–water partition coefficient (Wildman–Crippen LogP) is 3.72. The SMILES string of the molecule is Cc1cccc(CC(=O)OC2CN(c3nc4ccc(F)cc4s3)C2)c1. The predicted molar refractivity (Wildman–Crippen MR) is 96.6 cm³/mol. The van der Waals surface area contributed by atoms with Crippen molar-refractivity contribution in [2.45, 2.75) is 19.4 Å². The van der Waals surface area contributed by atoms with Crippen molar-refractivity contribution in [1.29, 1.82) is 0 Å². The Bertz CT molecular complexity index is 934. The average Bonchev–Trinajstić information content (AvgIpc) is 2.92. The van der Waals surface area contributed by atoms with Gasteiger partial charge in [-0.2, -0.15) is 0 Å². The molecular weight excluding hydrogens is 339 g/mol. The van der Waals surface area contributed by atoms with Gasteiger partial charge in [0.25, 0.3) is 0 Å². The molecule has 1 aromatic heterocycles. The van der Waals surface area contributed by atoms with Gasteiger partial charge in [0, 0.05) is 0 Å². The molecule has 0 radical (unpaired) electrons. The number of hydrogen-bond donors (Lipinski definition) is 0. The summed E-state index contributed by atoms with van der Waals surface area (Å²) in [7, 11) is 0. The van der Waals surface area contributed by atoms with E-state index in [4.69, 9.17) is 4.74 Å². The van der Waals surface area contributed by atoms with Crippen molar-refractivity contribution >= 4 is 32.7 Å². The van der Waals surface area contributed by atoms with Crippen LogP contribution < -0.4 is 4.90 Å². The van der Waals surface area contributed by atoms with Crippen molar-refractivity contribution in [2.75, 3.05) is 18.0 Å². The van der Waals surface area contributed by atoms with Crippen LogP contribution in [0.1, 0.15) is 11.1 Å². The second-order valence-electron chi connectivity index (χ2n) is 6.29. The van der Waals surface area contributed by atoms with Crippen LogP contribution in [0.3, 0.4) is 0 Å². The molecule has 4 nitrogen and oxygen atoms in total. The van der Waals surface area contributed by atoms with Gasteiger partial charge >= 0.3 is 5.97 Å². The number of nitrogens with zero attached hydrogens (tertiary/aromatic N) is 2. The van der Waals surface area contributed by atoms with E-state index in [0.29, 0.717) is 19.5 Å². The van der Waals surface area contributed by atoms with Gasteiger partial charge in [-0.25, -0.2) is 9.37 Å². The van der Waals surface area contributed by atoms with Gasteiger partial charge in [0.1, 0.15) is 11.9 Å². The van der Waals surface area contributed by atoms with Crippen LogP contribution in [0.2, 0.25) is 0 Å². The Morgan fingerprint density at radius 3 is 2.96 bits per heavy atom. The minimum atomic E-state index is -0.255. The first-order valence-electron chi connectivity index (χ1n) is 8.13. The van der Waals surface area contributed by atoms with Crippen molar-refractivity contribution in [1.82, 2.24) is 4.98 Å². The molecule has 0 bridgehead atoms. The van der Waals surface area contributed by atoms with E-state index >= 15 is 0 Å². The zero-order valence-electron chi connectivity index (χ0n) is 13.7. The number of fused-ring (bicyclic) bond motifs is 1. The van der Waals surface area contributed by atoms with Gasteiger partial charge in [-0.15, -0.1) is 0 Å².